The predicted molar refractivity (Wildman–Crippen MR) is 142 cm³/mol. The second-order valence-corrected chi connectivity index (χ2v) is 9.94. The topological polar surface area (TPSA) is 121 Å². The third-order valence-corrected chi connectivity index (χ3v) is 7.06. The molecule has 3 aromatic rings. The van der Waals surface area contributed by atoms with Crippen LogP contribution < -0.4 is 15.5 Å². The van der Waals surface area contributed by atoms with Crippen molar-refractivity contribution in [1.82, 2.24) is 29.7 Å². The lowest BCUT2D eigenvalue weighted by Gasteiger charge is -2.24. The molecule has 1 saturated carbocycles. The van der Waals surface area contributed by atoms with Crippen LogP contribution in [-0.4, -0.2) is 76.0 Å². The summed E-state index contributed by atoms with van der Waals surface area (Å²) in [6, 6.07) is 5.96. The molecule has 1 amide bonds. The number of anilines is 3. The van der Waals surface area contributed by atoms with Crippen LogP contribution in [0.25, 0.3) is 11.0 Å². The molecule has 1 atom stereocenters. The summed E-state index contributed by atoms with van der Waals surface area (Å²) in [5.74, 6) is 1.01. The predicted octanol–water partition coefficient (Wildman–Crippen LogP) is 3.56. The van der Waals surface area contributed by atoms with Gasteiger partial charge in [-0.1, -0.05) is 12.8 Å². The number of pyridine rings is 1. The Hall–Kier alpha value is -3.28. The number of aliphatic hydroxyl groups excluding tert-OH is 1. The SMILES string of the molecule is CN(C)C(O)c1cc2cnc(Nc3ccc(N4CCCCNCCOC4=O)cn3)nc2n1C1CCCC1. The van der Waals surface area contributed by atoms with Gasteiger partial charge in [0.05, 0.1) is 17.6 Å². The average molecular weight is 509 g/mol. The second kappa shape index (κ2) is 11.4. The number of nitrogens with one attached hydrogen (secondary N) is 2. The maximum atomic E-state index is 12.6. The van der Waals surface area contributed by atoms with Crippen molar-refractivity contribution in [3.63, 3.8) is 0 Å². The van der Waals surface area contributed by atoms with Gasteiger partial charge in [0.25, 0.3) is 0 Å². The minimum Gasteiger partial charge on any atom is -0.448 e. The molecule has 3 aromatic heterocycles. The number of aromatic nitrogens is 4. The summed E-state index contributed by atoms with van der Waals surface area (Å²) in [5, 5.41) is 18.2. The fourth-order valence-corrected chi connectivity index (χ4v) is 5.09. The van der Waals surface area contributed by atoms with Crippen LogP contribution in [0.2, 0.25) is 0 Å². The number of fused-ring (bicyclic) bond motifs is 1. The van der Waals surface area contributed by atoms with Crippen LogP contribution in [0.15, 0.2) is 30.6 Å². The van der Waals surface area contributed by atoms with Crippen LogP contribution in [0, 0.1) is 0 Å². The number of cyclic esters (lactones) is 1. The second-order valence-electron chi connectivity index (χ2n) is 9.94. The van der Waals surface area contributed by atoms with Gasteiger partial charge in [-0.25, -0.2) is 14.8 Å². The molecule has 5 rings (SSSR count). The molecule has 1 aliphatic heterocycles. The van der Waals surface area contributed by atoms with Gasteiger partial charge in [0, 0.05) is 30.7 Å². The highest BCUT2D eigenvalue weighted by Crippen LogP contribution is 2.36. The number of rotatable bonds is 6. The van der Waals surface area contributed by atoms with Crippen molar-refractivity contribution in [2.75, 3.05) is 50.6 Å². The van der Waals surface area contributed by atoms with Crippen molar-refractivity contribution in [3.8, 4) is 0 Å². The van der Waals surface area contributed by atoms with E-state index in [0.717, 1.165) is 49.0 Å². The van der Waals surface area contributed by atoms with E-state index in [1.54, 1.807) is 22.2 Å². The maximum Gasteiger partial charge on any atom is 0.414 e. The molecule has 2 aliphatic rings. The molecule has 1 unspecified atom stereocenters. The van der Waals surface area contributed by atoms with Crippen molar-refractivity contribution in [2.45, 2.75) is 50.8 Å². The largest absolute Gasteiger partial charge is 0.448 e. The Balaban J connectivity index is 1.37. The van der Waals surface area contributed by atoms with Gasteiger partial charge < -0.3 is 25.0 Å². The minimum absolute atomic E-state index is 0.309. The third-order valence-electron chi connectivity index (χ3n) is 7.06. The fourth-order valence-electron chi connectivity index (χ4n) is 5.09. The molecule has 0 spiro atoms. The molecule has 0 bridgehead atoms. The highest BCUT2D eigenvalue weighted by Gasteiger charge is 2.26. The first kappa shape index (κ1) is 25.4. The monoisotopic (exact) mass is 508 g/mol. The van der Waals surface area contributed by atoms with E-state index in [1.807, 2.05) is 32.3 Å². The zero-order valence-electron chi connectivity index (χ0n) is 21.6. The van der Waals surface area contributed by atoms with Crippen LogP contribution in [0.4, 0.5) is 22.2 Å². The van der Waals surface area contributed by atoms with E-state index in [0.29, 0.717) is 43.2 Å². The highest BCUT2D eigenvalue weighted by atomic mass is 16.6. The van der Waals surface area contributed by atoms with Crippen molar-refractivity contribution in [2.24, 2.45) is 0 Å². The molecule has 11 nitrogen and oxygen atoms in total. The lowest BCUT2D eigenvalue weighted by Crippen LogP contribution is -2.36. The summed E-state index contributed by atoms with van der Waals surface area (Å²) in [4.78, 5) is 29.8. The lowest BCUT2D eigenvalue weighted by atomic mass is 10.2. The molecule has 11 heteroatoms. The minimum atomic E-state index is -0.722. The Morgan fingerprint density at radius 1 is 1.14 bits per heavy atom. The van der Waals surface area contributed by atoms with Gasteiger partial charge in [0.2, 0.25) is 5.95 Å². The number of nitrogens with zero attached hydrogens (tertiary/aromatic N) is 6. The van der Waals surface area contributed by atoms with E-state index in [1.165, 1.54) is 12.8 Å². The Morgan fingerprint density at radius 2 is 1.97 bits per heavy atom. The first-order chi connectivity index (χ1) is 18.0. The number of hydrogen-bond donors (Lipinski definition) is 3. The Labute approximate surface area is 216 Å². The number of hydrogen-bond acceptors (Lipinski definition) is 9. The molecule has 198 valence electrons. The summed E-state index contributed by atoms with van der Waals surface area (Å²) in [6.07, 6.45) is 8.73. The maximum absolute atomic E-state index is 12.6. The van der Waals surface area contributed by atoms with Crippen molar-refractivity contribution >= 4 is 34.6 Å². The molecule has 4 heterocycles. The first-order valence-corrected chi connectivity index (χ1v) is 13.1. The zero-order valence-corrected chi connectivity index (χ0v) is 21.6. The number of amides is 1. The summed E-state index contributed by atoms with van der Waals surface area (Å²) in [7, 11) is 3.73. The number of carbonyl (C=O) groups is 1. The van der Waals surface area contributed by atoms with E-state index in [2.05, 4.69) is 25.2 Å². The van der Waals surface area contributed by atoms with E-state index in [-0.39, 0.29) is 6.09 Å². The van der Waals surface area contributed by atoms with Gasteiger partial charge >= 0.3 is 6.09 Å². The molecule has 2 fully saturated rings. The van der Waals surface area contributed by atoms with Gasteiger partial charge in [-0.05, 0) is 64.5 Å². The Kier molecular flexibility index (Phi) is 7.82. The fraction of sp³-hybridized carbons (Fsp3) is 0.538. The molecular formula is C26H36N8O3. The van der Waals surface area contributed by atoms with Gasteiger partial charge in [0.15, 0.2) is 0 Å². The standard InChI is InChI=1S/C26H36N8O3/c1-32(2)24(35)21-15-18-16-29-25(31-23(18)34(21)19-7-3-4-8-19)30-22-10-9-20(17-28-22)33-13-6-5-11-27-12-14-37-26(33)36/h9-10,15-17,19,24,27,35H,3-8,11-14H2,1-2H3,(H,28,29,30,31). The van der Waals surface area contributed by atoms with Gasteiger partial charge in [-0.15, -0.1) is 0 Å². The zero-order chi connectivity index (χ0) is 25.8. The van der Waals surface area contributed by atoms with Crippen LogP contribution in [0.3, 0.4) is 0 Å². The van der Waals surface area contributed by atoms with E-state index >= 15 is 0 Å². The Morgan fingerprint density at radius 3 is 2.73 bits per heavy atom. The molecule has 3 N–H and O–H groups in total. The van der Waals surface area contributed by atoms with Gasteiger partial charge in [-0.3, -0.25) is 9.80 Å². The summed E-state index contributed by atoms with van der Waals surface area (Å²) in [6.45, 7) is 2.49. The van der Waals surface area contributed by atoms with Crippen molar-refractivity contribution in [1.29, 1.82) is 0 Å². The molecule has 1 aliphatic carbocycles. The third kappa shape index (κ3) is 5.68. The molecule has 0 radical (unpaired) electrons. The van der Waals surface area contributed by atoms with Crippen LogP contribution in [-0.2, 0) is 4.74 Å². The first-order valence-electron chi connectivity index (χ1n) is 13.1. The Bertz CT molecular complexity index is 1210. The molecule has 0 aromatic carbocycles. The van der Waals surface area contributed by atoms with E-state index in [4.69, 9.17) is 9.72 Å². The van der Waals surface area contributed by atoms with Crippen LogP contribution in [0.1, 0.15) is 56.5 Å². The van der Waals surface area contributed by atoms with Crippen LogP contribution in [0.5, 0.6) is 0 Å². The molecule has 37 heavy (non-hydrogen) atoms. The quantitative estimate of drug-likeness (QED) is 0.429. The normalized spacial score (nSPS) is 18.8. The smallest absolute Gasteiger partial charge is 0.414 e. The summed E-state index contributed by atoms with van der Waals surface area (Å²) >= 11 is 0. The molecule has 1 saturated heterocycles. The van der Waals surface area contributed by atoms with Crippen molar-refractivity contribution in [3.05, 3.63) is 36.3 Å². The number of ether oxygens (including phenoxy) is 1. The summed E-state index contributed by atoms with van der Waals surface area (Å²) < 4.78 is 7.56. The van der Waals surface area contributed by atoms with E-state index in [9.17, 15) is 9.90 Å². The van der Waals surface area contributed by atoms with E-state index < -0.39 is 6.23 Å². The van der Waals surface area contributed by atoms with Gasteiger partial charge in [-0.2, -0.15) is 4.98 Å². The molecular weight excluding hydrogens is 472 g/mol. The van der Waals surface area contributed by atoms with Crippen molar-refractivity contribution < 1.29 is 14.6 Å². The van der Waals surface area contributed by atoms with Crippen LogP contribution >= 0.6 is 0 Å². The van der Waals surface area contributed by atoms with Gasteiger partial charge in [0.1, 0.15) is 24.3 Å². The lowest BCUT2D eigenvalue weighted by molar-refractivity contribution is 0.0319. The average Bonchev–Trinajstić information content (AvgIpc) is 3.55. The number of aliphatic hydroxyl groups is 1. The highest BCUT2D eigenvalue weighted by molar-refractivity contribution is 5.87. The number of carbonyl (C=O) groups excluding carboxylic acids is 1. The summed E-state index contributed by atoms with van der Waals surface area (Å²) in [5.41, 5.74) is 2.34.